The minimum atomic E-state index is -0.769. The second kappa shape index (κ2) is 9.16. The molecule has 1 atom stereocenters. The second-order valence-electron chi connectivity index (χ2n) is 7.76. The Kier molecular flexibility index (Phi) is 6.13. The van der Waals surface area contributed by atoms with Crippen LogP contribution in [0.5, 0.6) is 11.5 Å². The normalized spacial score (nSPS) is 17.3. The Morgan fingerprint density at radius 1 is 1.03 bits per heavy atom. The Hall–Kier alpha value is -4.13. The third-order valence-electron chi connectivity index (χ3n) is 5.66. The van der Waals surface area contributed by atoms with Crippen LogP contribution in [0.15, 0.2) is 72.6 Å². The van der Waals surface area contributed by atoms with E-state index in [2.05, 4.69) is 4.98 Å². The van der Waals surface area contributed by atoms with E-state index in [1.165, 1.54) is 19.1 Å². The summed E-state index contributed by atoms with van der Waals surface area (Å²) < 4.78 is 10.7. The molecule has 0 radical (unpaired) electrons. The molecule has 1 N–H and O–H groups in total. The molecule has 0 bridgehead atoms. The highest BCUT2D eigenvalue weighted by molar-refractivity contribution is 6.46. The van der Waals surface area contributed by atoms with Gasteiger partial charge in [-0.05, 0) is 48.4 Å². The first kappa shape index (κ1) is 22.1. The van der Waals surface area contributed by atoms with Gasteiger partial charge in [0.05, 0.1) is 31.4 Å². The highest BCUT2D eigenvalue weighted by atomic mass is 16.5. The average molecular weight is 444 g/mol. The molecule has 3 aromatic rings. The van der Waals surface area contributed by atoms with Crippen LogP contribution in [0.25, 0.3) is 5.76 Å². The van der Waals surface area contributed by atoms with E-state index in [-0.39, 0.29) is 23.4 Å². The highest BCUT2D eigenvalue weighted by Gasteiger charge is 2.46. The molecule has 1 fully saturated rings. The van der Waals surface area contributed by atoms with Crippen LogP contribution in [0.2, 0.25) is 0 Å². The lowest BCUT2D eigenvalue weighted by Crippen LogP contribution is -2.29. The minimum Gasteiger partial charge on any atom is -0.507 e. The monoisotopic (exact) mass is 444 g/mol. The van der Waals surface area contributed by atoms with Crippen molar-refractivity contribution in [3.8, 4) is 11.5 Å². The number of ketones is 1. The molecular weight excluding hydrogens is 420 g/mol. The van der Waals surface area contributed by atoms with Crippen molar-refractivity contribution in [1.29, 1.82) is 0 Å². The van der Waals surface area contributed by atoms with Gasteiger partial charge in [-0.1, -0.05) is 29.8 Å². The molecule has 33 heavy (non-hydrogen) atoms. The molecule has 1 saturated heterocycles. The molecule has 7 nitrogen and oxygen atoms in total. The summed E-state index contributed by atoms with van der Waals surface area (Å²) in [5.41, 5.74) is 2.80. The number of hydrogen-bond donors (Lipinski definition) is 1. The minimum absolute atomic E-state index is 0.00575. The van der Waals surface area contributed by atoms with Gasteiger partial charge in [-0.25, -0.2) is 0 Å². The number of aromatic nitrogens is 1. The van der Waals surface area contributed by atoms with Crippen molar-refractivity contribution in [3.63, 3.8) is 0 Å². The molecule has 0 spiro atoms. The molecule has 2 heterocycles. The SMILES string of the molecule is COc1ccc(OC)c(/C(O)=C2\C(=O)C(=O)N(Cc3ccncc3)C2c2cccc(C)c2)c1. The Morgan fingerprint density at radius 3 is 2.45 bits per heavy atom. The summed E-state index contributed by atoms with van der Waals surface area (Å²) in [6.45, 7) is 2.13. The third kappa shape index (κ3) is 4.17. The Morgan fingerprint density at radius 2 is 1.79 bits per heavy atom. The topological polar surface area (TPSA) is 89.0 Å². The largest absolute Gasteiger partial charge is 0.507 e. The molecule has 1 aliphatic heterocycles. The molecule has 1 aromatic heterocycles. The lowest BCUT2D eigenvalue weighted by Gasteiger charge is -2.26. The van der Waals surface area contributed by atoms with E-state index in [0.29, 0.717) is 11.5 Å². The van der Waals surface area contributed by atoms with Gasteiger partial charge in [0.25, 0.3) is 11.7 Å². The number of carbonyl (C=O) groups excluding carboxylic acids is 2. The quantitative estimate of drug-likeness (QED) is 0.351. The van der Waals surface area contributed by atoms with Crippen LogP contribution in [0.3, 0.4) is 0 Å². The maximum absolute atomic E-state index is 13.2. The third-order valence-corrected chi connectivity index (χ3v) is 5.66. The summed E-state index contributed by atoms with van der Waals surface area (Å²) in [6.07, 6.45) is 3.27. The van der Waals surface area contributed by atoms with Gasteiger partial charge in [-0.3, -0.25) is 14.6 Å². The van der Waals surface area contributed by atoms with Crippen LogP contribution in [0.4, 0.5) is 0 Å². The van der Waals surface area contributed by atoms with E-state index >= 15 is 0 Å². The number of likely N-dealkylation sites (tertiary alicyclic amines) is 1. The molecule has 1 amide bonds. The zero-order chi connectivity index (χ0) is 23.5. The molecule has 2 aromatic carbocycles. The number of aliphatic hydroxyl groups is 1. The number of methoxy groups -OCH3 is 2. The fourth-order valence-electron chi connectivity index (χ4n) is 4.06. The van der Waals surface area contributed by atoms with Crippen LogP contribution in [-0.4, -0.2) is 40.9 Å². The second-order valence-corrected chi connectivity index (χ2v) is 7.76. The number of aryl methyl sites for hydroxylation is 1. The first-order valence-corrected chi connectivity index (χ1v) is 10.4. The molecule has 0 saturated carbocycles. The zero-order valence-corrected chi connectivity index (χ0v) is 18.6. The maximum Gasteiger partial charge on any atom is 0.295 e. The van der Waals surface area contributed by atoms with Gasteiger partial charge in [0.2, 0.25) is 0 Å². The summed E-state index contributed by atoms with van der Waals surface area (Å²) in [6, 6.07) is 15.3. The van der Waals surface area contributed by atoms with Crippen molar-refractivity contribution in [3.05, 3.63) is 94.8 Å². The van der Waals surface area contributed by atoms with Gasteiger partial charge < -0.3 is 19.5 Å². The van der Waals surface area contributed by atoms with Gasteiger partial charge in [-0.2, -0.15) is 0 Å². The van der Waals surface area contributed by atoms with E-state index in [0.717, 1.165) is 16.7 Å². The summed E-state index contributed by atoms with van der Waals surface area (Å²) in [4.78, 5) is 31.9. The highest BCUT2D eigenvalue weighted by Crippen LogP contribution is 2.42. The van der Waals surface area contributed by atoms with Crippen molar-refractivity contribution in [1.82, 2.24) is 9.88 Å². The number of Topliss-reactive ketones (excluding diaryl/α,β-unsaturated/α-hetero) is 1. The molecule has 7 heteroatoms. The number of amides is 1. The van der Waals surface area contributed by atoms with Crippen LogP contribution in [-0.2, 0) is 16.1 Å². The van der Waals surface area contributed by atoms with Crippen molar-refractivity contribution < 1.29 is 24.2 Å². The molecule has 168 valence electrons. The first-order valence-electron chi connectivity index (χ1n) is 10.4. The van der Waals surface area contributed by atoms with Gasteiger partial charge in [0.15, 0.2) is 0 Å². The number of ether oxygens (including phenoxy) is 2. The molecule has 1 unspecified atom stereocenters. The number of pyridine rings is 1. The number of nitrogens with zero attached hydrogens (tertiary/aromatic N) is 2. The van der Waals surface area contributed by atoms with Crippen LogP contribution < -0.4 is 9.47 Å². The summed E-state index contributed by atoms with van der Waals surface area (Å²) in [5.74, 6) is -0.903. The van der Waals surface area contributed by atoms with E-state index in [1.54, 1.807) is 42.7 Å². The van der Waals surface area contributed by atoms with E-state index in [4.69, 9.17) is 9.47 Å². The summed E-state index contributed by atoms with van der Waals surface area (Å²) >= 11 is 0. The Labute approximate surface area is 191 Å². The Balaban J connectivity index is 1.92. The zero-order valence-electron chi connectivity index (χ0n) is 18.6. The van der Waals surface area contributed by atoms with Crippen LogP contribution >= 0.6 is 0 Å². The number of aliphatic hydroxyl groups excluding tert-OH is 1. The number of carbonyl (C=O) groups is 2. The Bertz CT molecular complexity index is 1240. The van der Waals surface area contributed by atoms with Crippen LogP contribution in [0, 0.1) is 6.92 Å². The fourth-order valence-corrected chi connectivity index (χ4v) is 4.06. The van der Waals surface area contributed by atoms with Crippen molar-refractivity contribution in [2.45, 2.75) is 19.5 Å². The summed E-state index contributed by atoms with van der Waals surface area (Å²) in [5, 5.41) is 11.4. The molecule has 4 rings (SSSR count). The van der Waals surface area contributed by atoms with E-state index < -0.39 is 17.7 Å². The lowest BCUT2D eigenvalue weighted by molar-refractivity contribution is -0.140. The van der Waals surface area contributed by atoms with Gasteiger partial charge in [-0.15, -0.1) is 0 Å². The van der Waals surface area contributed by atoms with Crippen LogP contribution in [0.1, 0.15) is 28.3 Å². The summed E-state index contributed by atoms with van der Waals surface area (Å²) in [7, 11) is 2.98. The molecular formula is C26H24N2O5. The van der Waals surface area contributed by atoms with Gasteiger partial charge in [0.1, 0.15) is 17.3 Å². The number of benzene rings is 2. The predicted molar refractivity (Wildman–Crippen MR) is 123 cm³/mol. The first-order chi connectivity index (χ1) is 15.9. The lowest BCUT2D eigenvalue weighted by atomic mass is 9.94. The molecule has 0 aliphatic carbocycles. The predicted octanol–water partition coefficient (Wildman–Crippen LogP) is 4.03. The fraction of sp³-hybridized carbons (Fsp3) is 0.192. The van der Waals surface area contributed by atoms with Crippen molar-refractivity contribution >= 4 is 17.4 Å². The van der Waals surface area contributed by atoms with Gasteiger partial charge >= 0.3 is 0 Å². The van der Waals surface area contributed by atoms with Crippen molar-refractivity contribution in [2.75, 3.05) is 14.2 Å². The standard InChI is InChI=1S/C26H24N2O5/c1-16-5-4-6-18(13-16)23-22(24(29)20-14-19(32-2)7-8-21(20)33-3)25(30)26(31)28(23)15-17-9-11-27-12-10-17/h4-14,23,29H,15H2,1-3H3/b24-22+. The smallest absolute Gasteiger partial charge is 0.295 e. The molecule has 1 aliphatic rings. The maximum atomic E-state index is 13.2. The van der Waals surface area contributed by atoms with E-state index in [9.17, 15) is 14.7 Å². The van der Waals surface area contributed by atoms with E-state index in [1.807, 2.05) is 31.2 Å². The van der Waals surface area contributed by atoms with Gasteiger partial charge in [0, 0.05) is 18.9 Å². The number of hydrogen-bond acceptors (Lipinski definition) is 6. The van der Waals surface area contributed by atoms with Crippen molar-refractivity contribution in [2.24, 2.45) is 0 Å². The average Bonchev–Trinajstić information content (AvgIpc) is 3.08. The number of rotatable bonds is 6.